The summed E-state index contributed by atoms with van der Waals surface area (Å²) < 4.78 is 6.01. The molecule has 0 aromatic rings. The van der Waals surface area contributed by atoms with Gasteiger partial charge in [0.1, 0.15) is 0 Å². The SMILES string of the molecule is C=C1C[C@@H]2CCCO[C@@H]2[C@H]1SC1CCCC1. The van der Waals surface area contributed by atoms with Gasteiger partial charge in [0.05, 0.1) is 11.4 Å². The molecule has 0 aromatic heterocycles. The molecule has 2 heteroatoms. The molecule has 2 saturated carbocycles. The first-order valence-corrected chi connectivity index (χ1v) is 7.73. The van der Waals surface area contributed by atoms with Gasteiger partial charge in [0, 0.05) is 11.9 Å². The molecule has 3 rings (SSSR count). The standard InChI is InChI=1S/C14H22OS/c1-10-9-11-5-4-8-15-13(11)14(10)16-12-6-2-3-7-12/h11-14H,1-9H2/t11-,13-,14-/m0/s1. The molecule has 0 radical (unpaired) electrons. The fraction of sp³-hybridized carbons (Fsp3) is 0.857. The van der Waals surface area contributed by atoms with Crippen molar-refractivity contribution in [3.63, 3.8) is 0 Å². The molecule has 1 heterocycles. The van der Waals surface area contributed by atoms with Crippen molar-refractivity contribution in [2.24, 2.45) is 5.92 Å². The van der Waals surface area contributed by atoms with Gasteiger partial charge in [-0.15, -0.1) is 11.8 Å². The van der Waals surface area contributed by atoms with Gasteiger partial charge in [0.2, 0.25) is 0 Å². The molecule has 90 valence electrons. The number of hydrogen-bond acceptors (Lipinski definition) is 2. The highest BCUT2D eigenvalue weighted by Gasteiger charge is 2.42. The van der Waals surface area contributed by atoms with E-state index in [-0.39, 0.29) is 0 Å². The van der Waals surface area contributed by atoms with Crippen LogP contribution in [0.3, 0.4) is 0 Å². The van der Waals surface area contributed by atoms with Crippen LogP contribution in [0.1, 0.15) is 44.9 Å². The third kappa shape index (κ3) is 2.06. The Morgan fingerprint density at radius 3 is 2.75 bits per heavy atom. The van der Waals surface area contributed by atoms with Gasteiger partial charge in [-0.2, -0.15) is 0 Å². The van der Waals surface area contributed by atoms with E-state index in [2.05, 4.69) is 18.3 Å². The lowest BCUT2D eigenvalue weighted by Crippen LogP contribution is -2.32. The van der Waals surface area contributed by atoms with Crippen LogP contribution in [0.15, 0.2) is 12.2 Å². The summed E-state index contributed by atoms with van der Waals surface area (Å²) in [7, 11) is 0. The van der Waals surface area contributed by atoms with Crippen molar-refractivity contribution in [3.8, 4) is 0 Å². The van der Waals surface area contributed by atoms with Gasteiger partial charge < -0.3 is 4.74 Å². The van der Waals surface area contributed by atoms with E-state index in [9.17, 15) is 0 Å². The smallest absolute Gasteiger partial charge is 0.0762 e. The Morgan fingerprint density at radius 2 is 1.94 bits per heavy atom. The number of rotatable bonds is 2. The molecule has 0 spiro atoms. The Morgan fingerprint density at radius 1 is 1.12 bits per heavy atom. The van der Waals surface area contributed by atoms with Gasteiger partial charge in [-0.1, -0.05) is 25.0 Å². The summed E-state index contributed by atoms with van der Waals surface area (Å²) in [5.74, 6) is 0.792. The molecule has 3 aliphatic rings. The lowest BCUT2D eigenvalue weighted by atomic mass is 9.97. The Hall–Kier alpha value is 0.0500. The summed E-state index contributed by atoms with van der Waals surface area (Å²) >= 11 is 2.18. The average Bonchev–Trinajstić information content (AvgIpc) is 2.89. The molecular weight excluding hydrogens is 216 g/mol. The second-order valence-corrected chi connectivity index (χ2v) is 7.01. The van der Waals surface area contributed by atoms with Crippen LogP contribution in [-0.2, 0) is 4.74 Å². The maximum atomic E-state index is 6.01. The van der Waals surface area contributed by atoms with E-state index < -0.39 is 0 Å². The number of ether oxygens (including phenoxy) is 1. The topological polar surface area (TPSA) is 9.23 Å². The Kier molecular flexibility index (Phi) is 3.30. The molecule has 2 aliphatic carbocycles. The minimum atomic E-state index is 0.506. The molecule has 3 fully saturated rings. The zero-order valence-corrected chi connectivity index (χ0v) is 10.8. The largest absolute Gasteiger partial charge is 0.376 e. The number of fused-ring (bicyclic) bond motifs is 1. The second-order valence-electron chi connectivity index (χ2n) is 5.56. The van der Waals surface area contributed by atoms with Crippen molar-refractivity contribution in [2.45, 2.75) is 61.5 Å². The zero-order valence-electron chi connectivity index (χ0n) is 9.99. The van der Waals surface area contributed by atoms with Crippen molar-refractivity contribution in [1.29, 1.82) is 0 Å². The summed E-state index contributed by atoms with van der Waals surface area (Å²) in [5.41, 5.74) is 1.47. The molecule has 1 aliphatic heterocycles. The van der Waals surface area contributed by atoms with Crippen LogP contribution in [-0.4, -0.2) is 23.2 Å². The highest BCUT2D eigenvalue weighted by atomic mass is 32.2. The summed E-state index contributed by atoms with van der Waals surface area (Å²) in [6, 6.07) is 0. The molecular formula is C14H22OS. The third-order valence-electron chi connectivity index (χ3n) is 4.36. The fourth-order valence-corrected chi connectivity index (χ4v) is 5.27. The van der Waals surface area contributed by atoms with E-state index >= 15 is 0 Å². The Bertz CT molecular complexity index is 270. The quantitative estimate of drug-likeness (QED) is 0.677. The van der Waals surface area contributed by atoms with Crippen molar-refractivity contribution in [3.05, 3.63) is 12.2 Å². The van der Waals surface area contributed by atoms with Crippen molar-refractivity contribution in [1.82, 2.24) is 0 Å². The van der Waals surface area contributed by atoms with Gasteiger partial charge in [-0.3, -0.25) is 0 Å². The summed E-state index contributed by atoms with van der Waals surface area (Å²) in [6.07, 6.45) is 10.1. The van der Waals surface area contributed by atoms with E-state index in [1.54, 1.807) is 0 Å². The van der Waals surface area contributed by atoms with E-state index in [1.165, 1.54) is 50.5 Å². The van der Waals surface area contributed by atoms with Gasteiger partial charge >= 0.3 is 0 Å². The van der Waals surface area contributed by atoms with Crippen molar-refractivity contribution < 1.29 is 4.74 Å². The van der Waals surface area contributed by atoms with E-state index in [4.69, 9.17) is 4.74 Å². The zero-order chi connectivity index (χ0) is 11.0. The minimum absolute atomic E-state index is 0.506. The Labute approximate surface area is 103 Å². The maximum Gasteiger partial charge on any atom is 0.0762 e. The number of hydrogen-bond donors (Lipinski definition) is 0. The Balaban J connectivity index is 1.65. The van der Waals surface area contributed by atoms with Gasteiger partial charge in [-0.05, 0) is 38.0 Å². The fourth-order valence-electron chi connectivity index (χ4n) is 3.51. The first-order chi connectivity index (χ1) is 7.84. The van der Waals surface area contributed by atoms with Crippen LogP contribution >= 0.6 is 11.8 Å². The van der Waals surface area contributed by atoms with Crippen LogP contribution in [0.25, 0.3) is 0 Å². The lowest BCUT2D eigenvalue weighted by molar-refractivity contribution is -0.00613. The average molecular weight is 238 g/mol. The van der Waals surface area contributed by atoms with Gasteiger partial charge in [0.15, 0.2) is 0 Å². The van der Waals surface area contributed by atoms with Crippen LogP contribution < -0.4 is 0 Å². The molecule has 0 unspecified atom stereocenters. The molecule has 0 amide bonds. The van der Waals surface area contributed by atoms with Gasteiger partial charge in [0.25, 0.3) is 0 Å². The van der Waals surface area contributed by atoms with Crippen molar-refractivity contribution in [2.75, 3.05) is 6.61 Å². The predicted molar refractivity (Wildman–Crippen MR) is 69.9 cm³/mol. The highest BCUT2D eigenvalue weighted by Crippen LogP contribution is 2.47. The van der Waals surface area contributed by atoms with Gasteiger partial charge in [-0.25, -0.2) is 0 Å². The molecule has 0 N–H and O–H groups in total. The van der Waals surface area contributed by atoms with Crippen molar-refractivity contribution >= 4 is 11.8 Å². The monoisotopic (exact) mass is 238 g/mol. The molecule has 16 heavy (non-hydrogen) atoms. The molecule has 0 aromatic carbocycles. The maximum absolute atomic E-state index is 6.01. The predicted octanol–water partition coefficient (Wildman–Crippen LogP) is 3.79. The molecule has 3 atom stereocenters. The van der Waals surface area contributed by atoms with Crippen LogP contribution in [0.5, 0.6) is 0 Å². The van der Waals surface area contributed by atoms with E-state index in [1.807, 2.05) is 0 Å². The molecule has 1 saturated heterocycles. The third-order valence-corrected chi connectivity index (χ3v) is 6.11. The minimum Gasteiger partial charge on any atom is -0.376 e. The van der Waals surface area contributed by atoms with Crippen LogP contribution in [0.2, 0.25) is 0 Å². The lowest BCUT2D eigenvalue weighted by Gasteiger charge is -2.30. The summed E-state index contributed by atoms with van der Waals surface area (Å²) in [4.78, 5) is 0. The molecule has 0 bridgehead atoms. The van der Waals surface area contributed by atoms with E-state index in [0.29, 0.717) is 11.4 Å². The number of thioether (sulfide) groups is 1. The van der Waals surface area contributed by atoms with Crippen LogP contribution in [0.4, 0.5) is 0 Å². The first-order valence-electron chi connectivity index (χ1n) is 6.79. The van der Waals surface area contributed by atoms with E-state index in [0.717, 1.165) is 17.8 Å². The molecule has 1 nitrogen and oxygen atoms in total. The first kappa shape index (κ1) is 11.2. The normalized spacial score (nSPS) is 40.2. The van der Waals surface area contributed by atoms with Crippen LogP contribution in [0, 0.1) is 5.92 Å². The summed E-state index contributed by atoms with van der Waals surface area (Å²) in [6.45, 7) is 5.28. The second kappa shape index (κ2) is 4.73. The highest BCUT2D eigenvalue weighted by molar-refractivity contribution is 8.00. The summed E-state index contributed by atoms with van der Waals surface area (Å²) in [5, 5.41) is 1.51.